The van der Waals surface area contributed by atoms with Crippen LogP contribution in [0.3, 0.4) is 0 Å². The maximum Gasteiger partial charge on any atom is 0.252 e. The first-order chi connectivity index (χ1) is 18.9. The molecule has 196 valence electrons. The van der Waals surface area contributed by atoms with Crippen LogP contribution in [-0.2, 0) is 0 Å². The van der Waals surface area contributed by atoms with Gasteiger partial charge in [-0.15, -0.1) is 0 Å². The number of benzene rings is 4. The standard InChI is InChI=1S/C32H29ClN4O2/c33-24-10-13-30(38)27(18-24)31(29-17-22-4-1-2-7-28(22)35-29)36-32(39)23-6-3-5-21(16-23)20-8-11-26(12-9-20)37-15-14-25(34)19-37/h1-13,16-18,25,31,35,38H,14-15,19,34H2,(H,36,39)/t25-,31?/m0/s1. The van der Waals surface area contributed by atoms with Gasteiger partial charge in [-0.25, -0.2) is 0 Å². The zero-order chi connectivity index (χ0) is 26.9. The van der Waals surface area contributed by atoms with E-state index >= 15 is 0 Å². The van der Waals surface area contributed by atoms with Crippen LogP contribution in [0.25, 0.3) is 22.0 Å². The summed E-state index contributed by atoms with van der Waals surface area (Å²) >= 11 is 6.29. The third kappa shape index (κ3) is 5.21. The smallest absolute Gasteiger partial charge is 0.252 e. The lowest BCUT2D eigenvalue weighted by atomic mass is 10.00. The Kier molecular flexibility index (Phi) is 6.73. The number of halogens is 1. The lowest BCUT2D eigenvalue weighted by Crippen LogP contribution is -2.29. The SMILES string of the molecule is N[C@H]1CCN(c2ccc(-c3cccc(C(=O)NC(c4cc5ccccc5[nH]4)c4cc(Cl)ccc4O)c3)cc2)C1. The molecule has 7 heteroatoms. The molecule has 39 heavy (non-hydrogen) atoms. The highest BCUT2D eigenvalue weighted by Crippen LogP contribution is 2.33. The van der Waals surface area contributed by atoms with Crippen LogP contribution in [0, 0.1) is 0 Å². The molecule has 1 amide bonds. The molecule has 0 spiro atoms. The molecular weight excluding hydrogens is 508 g/mol. The third-order valence-electron chi connectivity index (χ3n) is 7.35. The number of nitrogens with one attached hydrogen (secondary N) is 2. The van der Waals surface area contributed by atoms with Gasteiger partial charge in [-0.05, 0) is 77.5 Å². The number of hydrogen-bond donors (Lipinski definition) is 4. The molecule has 6 nitrogen and oxygen atoms in total. The molecule has 0 bridgehead atoms. The molecule has 0 aliphatic carbocycles. The van der Waals surface area contributed by atoms with Crippen LogP contribution >= 0.6 is 11.6 Å². The number of H-pyrrole nitrogens is 1. The molecule has 1 saturated heterocycles. The summed E-state index contributed by atoms with van der Waals surface area (Å²) in [5.74, 6) is -0.210. The largest absolute Gasteiger partial charge is 0.508 e. The van der Waals surface area contributed by atoms with Crippen LogP contribution in [0.1, 0.15) is 34.1 Å². The molecule has 1 aromatic heterocycles. The van der Waals surface area contributed by atoms with E-state index in [0.29, 0.717) is 16.1 Å². The second-order valence-corrected chi connectivity index (χ2v) is 10.5. The summed E-state index contributed by atoms with van der Waals surface area (Å²) in [6.45, 7) is 1.84. The van der Waals surface area contributed by atoms with E-state index in [1.807, 2.05) is 48.5 Å². The van der Waals surface area contributed by atoms with Crippen molar-refractivity contribution < 1.29 is 9.90 Å². The fraction of sp³-hybridized carbons (Fsp3) is 0.156. The van der Waals surface area contributed by atoms with Gasteiger partial charge in [0, 0.05) is 52.2 Å². The third-order valence-corrected chi connectivity index (χ3v) is 7.59. The molecule has 2 heterocycles. The number of nitrogens with zero attached hydrogens (tertiary/aromatic N) is 1. The predicted octanol–water partition coefficient (Wildman–Crippen LogP) is 6.25. The molecule has 6 rings (SSSR count). The molecule has 1 fully saturated rings. The lowest BCUT2D eigenvalue weighted by Gasteiger charge is -2.20. The summed E-state index contributed by atoms with van der Waals surface area (Å²) in [5, 5.41) is 15.3. The van der Waals surface area contributed by atoms with Crippen molar-refractivity contribution >= 4 is 34.1 Å². The molecule has 5 N–H and O–H groups in total. The number of hydrogen-bond acceptors (Lipinski definition) is 4. The highest BCUT2D eigenvalue weighted by Gasteiger charge is 2.24. The molecule has 5 aromatic rings. The van der Waals surface area contributed by atoms with E-state index in [1.54, 1.807) is 24.3 Å². The number of fused-ring (bicyclic) bond motifs is 1. The van der Waals surface area contributed by atoms with Crippen LogP contribution in [0.15, 0.2) is 97.1 Å². The van der Waals surface area contributed by atoms with E-state index in [4.69, 9.17) is 17.3 Å². The topological polar surface area (TPSA) is 94.4 Å². The quantitative estimate of drug-likeness (QED) is 0.206. The van der Waals surface area contributed by atoms with Crippen molar-refractivity contribution in [1.82, 2.24) is 10.3 Å². The number of para-hydroxylation sites is 1. The van der Waals surface area contributed by atoms with Crippen molar-refractivity contribution in [2.45, 2.75) is 18.5 Å². The van der Waals surface area contributed by atoms with Crippen molar-refractivity contribution in [2.75, 3.05) is 18.0 Å². The summed E-state index contributed by atoms with van der Waals surface area (Å²) in [6.07, 6.45) is 1.01. The molecule has 1 aliphatic heterocycles. The number of phenols is 1. The zero-order valence-corrected chi connectivity index (χ0v) is 22.0. The maximum atomic E-state index is 13.6. The Hall–Kier alpha value is -4.26. The average Bonchev–Trinajstić information content (AvgIpc) is 3.59. The van der Waals surface area contributed by atoms with Gasteiger partial charge in [0.25, 0.3) is 5.91 Å². The molecule has 0 radical (unpaired) electrons. The number of nitrogens with two attached hydrogens (primary N) is 1. The van der Waals surface area contributed by atoms with Crippen molar-refractivity contribution in [3.05, 3.63) is 119 Å². The minimum Gasteiger partial charge on any atom is -0.508 e. The number of carbonyl (C=O) groups is 1. The number of aromatic amines is 1. The van der Waals surface area contributed by atoms with Gasteiger partial charge in [0.05, 0.1) is 6.04 Å². The molecule has 2 atom stereocenters. The Morgan fingerprint density at radius 1 is 0.974 bits per heavy atom. The Bertz CT molecular complexity index is 1610. The Balaban J connectivity index is 1.29. The minimum absolute atomic E-state index is 0.0520. The Morgan fingerprint density at radius 2 is 1.79 bits per heavy atom. The van der Waals surface area contributed by atoms with Crippen LogP contribution in [0.4, 0.5) is 5.69 Å². The van der Waals surface area contributed by atoms with Gasteiger partial charge in [0.2, 0.25) is 0 Å². The number of carbonyl (C=O) groups excluding carboxylic acids is 1. The highest BCUT2D eigenvalue weighted by atomic mass is 35.5. The van der Waals surface area contributed by atoms with Crippen molar-refractivity contribution in [2.24, 2.45) is 5.73 Å². The van der Waals surface area contributed by atoms with Gasteiger partial charge in [-0.2, -0.15) is 0 Å². The Morgan fingerprint density at radius 3 is 2.56 bits per heavy atom. The summed E-state index contributed by atoms with van der Waals surface area (Å²) in [6, 6.07) is 30.2. The average molecular weight is 537 g/mol. The van der Waals surface area contributed by atoms with Crippen LogP contribution in [0.5, 0.6) is 5.75 Å². The van der Waals surface area contributed by atoms with Gasteiger partial charge in [0.15, 0.2) is 0 Å². The van der Waals surface area contributed by atoms with Crippen molar-refractivity contribution in [3.63, 3.8) is 0 Å². The van der Waals surface area contributed by atoms with E-state index in [2.05, 4.69) is 39.5 Å². The van der Waals surface area contributed by atoms with Crippen molar-refractivity contribution in [3.8, 4) is 16.9 Å². The van der Waals surface area contributed by atoms with Crippen LogP contribution in [-0.4, -0.2) is 35.1 Å². The number of amides is 1. The highest BCUT2D eigenvalue weighted by molar-refractivity contribution is 6.30. The minimum atomic E-state index is -0.640. The normalized spacial score (nSPS) is 15.9. The fourth-order valence-electron chi connectivity index (χ4n) is 5.27. The molecule has 0 saturated carbocycles. The lowest BCUT2D eigenvalue weighted by molar-refractivity contribution is 0.0942. The van der Waals surface area contributed by atoms with Gasteiger partial charge in [-0.3, -0.25) is 4.79 Å². The van der Waals surface area contributed by atoms with E-state index < -0.39 is 6.04 Å². The maximum absolute atomic E-state index is 13.6. The van der Waals surface area contributed by atoms with Gasteiger partial charge in [0.1, 0.15) is 5.75 Å². The molecule has 1 unspecified atom stereocenters. The zero-order valence-electron chi connectivity index (χ0n) is 21.3. The van der Waals surface area contributed by atoms with E-state index in [9.17, 15) is 9.90 Å². The predicted molar refractivity (Wildman–Crippen MR) is 157 cm³/mol. The van der Waals surface area contributed by atoms with Gasteiger partial charge >= 0.3 is 0 Å². The van der Waals surface area contributed by atoms with Crippen LogP contribution < -0.4 is 16.0 Å². The monoisotopic (exact) mass is 536 g/mol. The molecule has 1 aliphatic rings. The second-order valence-electron chi connectivity index (χ2n) is 10.0. The van der Waals surface area contributed by atoms with Gasteiger partial charge in [-0.1, -0.05) is 54.1 Å². The van der Waals surface area contributed by atoms with Crippen molar-refractivity contribution in [1.29, 1.82) is 0 Å². The number of anilines is 1. The molecule has 4 aromatic carbocycles. The van der Waals surface area contributed by atoms with Gasteiger partial charge < -0.3 is 26.0 Å². The first kappa shape index (κ1) is 25.0. The van der Waals surface area contributed by atoms with Crippen LogP contribution in [0.2, 0.25) is 5.02 Å². The summed E-state index contributed by atoms with van der Waals surface area (Å²) in [5.41, 5.74) is 11.9. The first-order valence-electron chi connectivity index (χ1n) is 13.0. The van der Waals surface area contributed by atoms with E-state index in [1.165, 1.54) is 0 Å². The number of rotatable bonds is 6. The first-order valence-corrected chi connectivity index (χ1v) is 13.4. The summed E-state index contributed by atoms with van der Waals surface area (Å²) < 4.78 is 0. The number of aromatic nitrogens is 1. The second kappa shape index (κ2) is 10.5. The summed E-state index contributed by atoms with van der Waals surface area (Å²) in [4.78, 5) is 19.3. The number of phenolic OH excluding ortho intramolecular Hbond substituents is 1. The van der Waals surface area contributed by atoms with E-state index in [0.717, 1.165) is 52.9 Å². The summed E-state index contributed by atoms with van der Waals surface area (Å²) in [7, 11) is 0. The number of aromatic hydroxyl groups is 1. The van der Waals surface area contributed by atoms with E-state index in [-0.39, 0.29) is 17.7 Å². The Labute approximate surface area is 232 Å². The fourth-order valence-corrected chi connectivity index (χ4v) is 5.45. The molecular formula is C32H29ClN4O2.